The maximum absolute atomic E-state index is 12.3. The third kappa shape index (κ3) is 5.08. The highest BCUT2D eigenvalue weighted by Gasteiger charge is 2.21. The normalized spacial score (nSPS) is 11.4. The monoisotopic (exact) mass is 429 g/mol. The van der Waals surface area contributed by atoms with Crippen LogP contribution in [0.5, 0.6) is 0 Å². The molecule has 0 bridgehead atoms. The molecule has 0 aliphatic carbocycles. The molecule has 2 amide bonds. The summed E-state index contributed by atoms with van der Waals surface area (Å²) in [7, 11) is 0. The lowest BCUT2D eigenvalue weighted by atomic mass is 10.2. The van der Waals surface area contributed by atoms with Gasteiger partial charge in [-0.15, -0.1) is 11.3 Å². The second-order valence-corrected chi connectivity index (χ2v) is 7.02. The van der Waals surface area contributed by atoms with E-state index in [1.54, 1.807) is 6.07 Å². The average molecular weight is 429 g/mol. The van der Waals surface area contributed by atoms with Gasteiger partial charge in [-0.05, 0) is 37.3 Å². The summed E-state index contributed by atoms with van der Waals surface area (Å²) in [5.41, 5.74) is 0.0244. The van der Waals surface area contributed by atoms with Crippen molar-refractivity contribution < 1.29 is 28.5 Å². The van der Waals surface area contributed by atoms with Crippen LogP contribution in [0.1, 0.15) is 27.2 Å². The van der Waals surface area contributed by atoms with Gasteiger partial charge in [0.15, 0.2) is 11.9 Å². The van der Waals surface area contributed by atoms with E-state index < -0.39 is 28.8 Å². The van der Waals surface area contributed by atoms with Crippen molar-refractivity contribution in [3.8, 4) is 0 Å². The third-order valence-corrected chi connectivity index (χ3v) is 4.75. The SMILES string of the molecule is CC(OC(=O)c1ccc(NC(=O)c2ccco2)s1)C(=O)Nc1cccc([N+](=O)[O-])c1. The number of benzene rings is 1. The molecule has 0 aliphatic heterocycles. The van der Waals surface area contributed by atoms with Gasteiger partial charge in [-0.2, -0.15) is 0 Å². The summed E-state index contributed by atoms with van der Waals surface area (Å²) in [6.07, 6.45) is 0.215. The van der Waals surface area contributed by atoms with Crippen molar-refractivity contribution in [2.75, 3.05) is 10.6 Å². The van der Waals surface area contributed by atoms with E-state index in [0.29, 0.717) is 5.00 Å². The molecule has 0 saturated carbocycles. The number of esters is 1. The van der Waals surface area contributed by atoms with Crippen LogP contribution in [-0.4, -0.2) is 28.8 Å². The first-order chi connectivity index (χ1) is 14.3. The van der Waals surface area contributed by atoms with E-state index >= 15 is 0 Å². The van der Waals surface area contributed by atoms with Crippen molar-refractivity contribution in [1.82, 2.24) is 0 Å². The van der Waals surface area contributed by atoms with Crippen LogP contribution < -0.4 is 10.6 Å². The summed E-state index contributed by atoms with van der Waals surface area (Å²) in [6, 6.07) is 11.4. The summed E-state index contributed by atoms with van der Waals surface area (Å²) in [6.45, 7) is 1.37. The van der Waals surface area contributed by atoms with Gasteiger partial charge in [-0.25, -0.2) is 4.79 Å². The number of nitrogens with one attached hydrogen (secondary N) is 2. The molecular weight excluding hydrogens is 414 g/mol. The summed E-state index contributed by atoms with van der Waals surface area (Å²) >= 11 is 0.975. The Balaban J connectivity index is 1.57. The number of rotatable bonds is 7. The highest BCUT2D eigenvalue weighted by molar-refractivity contribution is 7.18. The van der Waals surface area contributed by atoms with Gasteiger partial charge in [0.25, 0.3) is 17.5 Å². The molecule has 1 aromatic carbocycles. The van der Waals surface area contributed by atoms with Crippen LogP contribution in [0.4, 0.5) is 16.4 Å². The van der Waals surface area contributed by atoms with Crippen molar-refractivity contribution in [2.24, 2.45) is 0 Å². The zero-order chi connectivity index (χ0) is 21.7. The Morgan fingerprint density at radius 3 is 2.63 bits per heavy atom. The van der Waals surface area contributed by atoms with Crippen molar-refractivity contribution in [2.45, 2.75) is 13.0 Å². The molecule has 154 valence electrons. The Labute approximate surface area is 173 Å². The van der Waals surface area contributed by atoms with E-state index in [-0.39, 0.29) is 22.0 Å². The Bertz CT molecular complexity index is 1090. The molecule has 2 N–H and O–H groups in total. The second-order valence-electron chi connectivity index (χ2n) is 5.94. The zero-order valence-electron chi connectivity index (χ0n) is 15.5. The van der Waals surface area contributed by atoms with Gasteiger partial charge in [0, 0.05) is 17.8 Å². The standard InChI is InChI=1S/C19H15N3O7S/c1-11(17(23)20-12-4-2-5-13(10-12)22(26)27)29-19(25)15-7-8-16(30-15)21-18(24)14-6-3-9-28-14/h2-11H,1H3,(H,20,23)(H,21,24). The Morgan fingerprint density at radius 1 is 1.13 bits per heavy atom. The minimum Gasteiger partial charge on any atom is -0.459 e. The molecule has 1 unspecified atom stereocenters. The number of carbonyl (C=O) groups excluding carboxylic acids is 3. The minimum absolute atomic E-state index is 0.124. The zero-order valence-corrected chi connectivity index (χ0v) is 16.3. The van der Waals surface area contributed by atoms with E-state index in [1.807, 2.05) is 0 Å². The second kappa shape index (κ2) is 9.01. The predicted molar refractivity (Wildman–Crippen MR) is 108 cm³/mol. The Morgan fingerprint density at radius 2 is 1.93 bits per heavy atom. The highest BCUT2D eigenvalue weighted by Crippen LogP contribution is 2.24. The summed E-state index contributed by atoms with van der Waals surface area (Å²) in [5, 5.41) is 16.2. The molecule has 0 fully saturated rings. The lowest BCUT2D eigenvalue weighted by Gasteiger charge is -2.12. The topological polar surface area (TPSA) is 141 Å². The number of ether oxygens (including phenoxy) is 1. The minimum atomic E-state index is -1.15. The first kappa shape index (κ1) is 20.7. The van der Waals surface area contributed by atoms with Crippen LogP contribution in [0.3, 0.4) is 0 Å². The molecule has 10 nitrogen and oxygen atoms in total. The highest BCUT2D eigenvalue weighted by atomic mass is 32.1. The lowest BCUT2D eigenvalue weighted by molar-refractivity contribution is -0.384. The number of furan rings is 1. The maximum Gasteiger partial charge on any atom is 0.349 e. The van der Waals surface area contributed by atoms with E-state index in [4.69, 9.17) is 9.15 Å². The van der Waals surface area contributed by atoms with Crippen LogP contribution in [0, 0.1) is 10.1 Å². The molecule has 0 spiro atoms. The van der Waals surface area contributed by atoms with Crippen LogP contribution in [0.25, 0.3) is 0 Å². The Hall–Kier alpha value is -3.99. The number of carbonyl (C=O) groups is 3. The number of nitrogens with zero attached hydrogens (tertiary/aromatic N) is 1. The largest absolute Gasteiger partial charge is 0.459 e. The maximum atomic E-state index is 12.3. The van der Waals surface area contributed by atoms with Gasteiger partial charge < -0.3 is 19.8 Å². The summed E-state index contributed by atoms with van der Waals surface area (Å²) in [4.78, 5) is 46.8. The average Bonchev–Trinajstić information content (AvgIpc) is 3.40. The summed E-state index contributed by atoms with van der Waals surface area (Å²) in [5.74, 6) is -1.74. The van der Waals surface area contributed by atoms with Gasteiger partial charge in [-0.1, -0.05) is 6.07 Å². The molecule has 0 aliphatic rings. The van der Waals surface area contributed by atoms with Gasteiger partial charge in [0.05, 0.1) is 16.2 Å². The third-order valence-electron chi connectivity index (χ3n) is 3.77. The first-order valence-electron chi connectivity index (χ1n) is 8.54. The number of nitro benzene ring substituents is 1. The fourth-order valence-corrected chi connectivity index (χ4v) is 3.09. The van der Waals surface area contributed by atoms with Crippen molar-refractivity contribution >= 4 is 45.5 Å². The van der Waals surface area contributed by atoms with Gasteiger partial charge in [-0.3, -0.25) is 19.7 Å². The van der Waals surface area contributed by atoms with E-state index in [2.05, 4.69) is 10.6 Å². The van der Waals surface area contributed by atoms with Crippen LogP contribution >= 0.6 is 11.3 Å². The number of hydrogen-bond donors (Lipinski definition) is 2. The van der Waals surface area contributed by atoms with Crippen LogP contribution in [-0.2, 0) is 9.53 Å². The van der Waals surface area contributed by atoms with Crippen LogP contribution in [0.2, 0.25) is 0 Å². The van der Waals surface area contributed by atoms with Crippen molar-refractivity contribution in [3.63, 3.8) is 0 Å². The van der Waals surface area contributed by atoms with Crippen LogP contribution in [0.15, 0.2) is 59.2 Å². The predicted octanol–water partition coefficient (Wildman–Crippen LogP) is 3.69. The van der Waals surface area contributed by atoms with E-state index in [0.717, 1.165) is 11.3 Å². The van der Waals surface area contributed by atoms with E-state index in [1.165, 1.54) is 55.7 Å². The number of hydrogen-bond acceptors (Lipinski definition) is 8. The number of anilines is 2. The molecule has 2 heterocycles. The smallest absolute Gasteiger partial charge is 0.349 e. The van der Waals surface area contributed by atoms with Crippen molar-refractivity contribution in [3.05, 3.63) is 75.5 Å². The first-order valence-corrected chi connectivity index (χ1v) is 9.36. The number of non-ortho nitro benzene ring substituents is 1. The number of thiophene rings is 1. The molecule has 11 heteroatoms. The fraction of sp³-hybridized carbons (Fsp3) is 0.105. The van der Waals surface area contributed by atoms with Crippen molar-refractivity contribution in [1.29, 1.82) is 0 Å². The van der Waals surface area contributed by atoms with Gasteiger partial charge in [0.2, 0.25) is 0 Å². The lowest BCUT2D eigenvalue weighted by Crippen LogP contribution is -2.29. The molecule has 0 saturated heterocycles. The fourth-order valence-electron chi connectivity index (χ4n) is 2.31. The molecule has 1 atom stereocenters. The molecule has 30 heavy (non-hydrogen) atoms. The quantitative estimate of drug-likeness (QED) is 0.331. The number of nitro groups is 1. The van der Waals surface area contributed by atoms with Gasteiger partial charge in [0.1, 0.15) is 4.88 Å². The summed E-state index contributed by atoms with van der Waals surface area (Å²) < 4.78 is 10.1. The van der Waals surface area contributed by atoms with Gasteiger partial charge >= 0.3 is 5.97 Å². The number of amides is 2. The Kier molecular flexibility index (Phi) is 6.23. The molecule has 0 radical (unpaired) electrons. The molecular formula is C19H15N3O7S. The molecule has 3 aromatic rings. The molecule has 3 rings (SSSR count). The van der Waals surface area contributed by atoms with E-state index in [9.17, 15) is 24.5 Å². The molecule has 2 aromatic heterocycles.